The summed E-state index contributed by atoms with van der Waals surface area (Å²) in [5.74, 6) is 1.01. The van der Waals surface area contributed by atoms with Gasteiger partial charge >= 0.3 is 6.09 Å². The summed E-state index contributed by atoms with van der Waals surface area (Å²) in [7, 11) is 0. The molecule has 0 saturated carbocycles. The normalized spacial score (nSPS) is 17.1. The van der Waals surface area contributed by atoms with Crippen LogP contribution in [-0.2, 0) is 11.3 Å². The number of nitrogen functional groups attached to an aromatic ring is 1. The molecule has 7 nitrogen and oxygen atoms in total. The Morgan fingerprint density at radius 3 is 2.70 bits per heavy atom. The minimum absolute atomic E-state index is 0.0430. The maximum absolute atomic E-state index is 12.7. The molecule has 0 bridgehead atoms. The third-order valence-electron chi connectivity index (χ3n) is 5.65. The number of hydrogen-bond acceptors (Lipinski definition) is 5. The van der Waals surface area contributed by atoms with Crippen LogP contribution < -0.4 is 10.5 Å². The lowest BCUT2D eigenvalue weighted by Gasteiger charge is -2.29. The van der Waals surface area contributed by atoms with Crippen molar-refractivity contribution in [3.8, 4) is 5.75 Å². The molecule has 0 radical (unpaired) electrons. The van der Waals surface area contributed by atoms with Gasteiger partial charge in [-0.3, -0.25) is 0 Å². The molecule has 1 saturated heterocycles. The lowest BCUT2D eigenvalue weighted by atomic mass is 10.1. The first kappa shape index (κ1) is 23.2. The Hall–Kier alpha value is -2.93. The van der Waals surface area contributed by atoms with Crippen LogP contribution in [-0.4, -0.2) is 39.2 Å². The number of nitrogens with two attached hydrogens (primary N) is 1. The van der Waals surface area contributed by atoms with Crippen LogP contribution in [0.3, 0.4) is 0 Å². The van der Waals surface area contributed by atoms with E-state index in [2.05, 4.69) is 4.98 Å². The molecular formula is C25H31ClN4O3. The molecule has 8 heteroatoms. The summed E-state index contributed by atoms with van der Waals surface area (Å²) in [5, 5.41) is 0.521. The Labute approximate surface area is 199 Å². The molecule has 0 aliphatic carbocycles. The summed E-state index contributed by atoms with van der Waals surface area (Å²) in [6.07, 6.45) is 2.45. The van der Waals surface area contributed by atoms with E-state index in [1.165, 1.54) is 0 Å². The van der Waals surface area contributed by atoms with Gasteiger partial charge in [0.1, 0.15) is 18.0 Å². The monoisotopic (exact) mass is 470 g/mol. The number of imidazole rings is 1. The Balaban J connectivity index is 1.59. The van der Waals surface area contributed by atoms with E-state index in [1.54, 1.807) is 11.0 Å². The maximum Gasteiger partial charge on any atom is 0.410 e. The van der Waals surface area contributed by atoms with Crippen molar-refractivity contribution in [2.75, 3.05) is 18.8 Å². The SMILES string of the molecule is CC(C)(C)OC(=O)N1CCCC[C@@H](n2c(N)nc3cc(OCc4ccccc4)cc(Cl)c32)C1. The van der Waals surface area contributed by atoms with Crippen molar-refractivity contribution >= 4 is 34.7 Å². The van der Waals surface area contributed by atoms with Crippen molar-refractivity contribution in [2.24, 2.45) is 0 Å². The third kappa shape index (κ3) is 5.53. The summed E-state index contributed by atoms with van der Waals surface area (Å²) in [5.41, 5.74) is 8.32. The third-order valence-corrected chi connectivity index (χ3v) is 5.94. The van der Waals surface area contributed by atoms with Gasteiger partial charge in [-0.05, 0) is 45.6 Å². The molecule has 2 heterocycles. The zero-order chi connectivity index (χ0) is 23.6. The molecule has 1 atom stereocenters. The van der Waals surface area contributed by atoms with Crippen molar-refractivity contribution < 1.29 is 14.3 Å². The number of fused-ring (bicyclic) bond motifs is 1. The van der Waals surface area contributed by atoms with Crippen LogP contribution in [0, 0.1) is 0 Å². The molecule has 2 N–H and O–H groups in total. The number of carbonyl (C=O) groups excluding carboxylic acids is 1. The van der Waals surface area contributed by atoms with Gasteiger partial charge in [-0.1, -0.05) is 41.9 Å². The molecule has 0 spiro atoms. The molecule has 1 fully saturated rings. The van der Waals surface area contributed by atoms with E-state index in [0.29, 0.717) is 41.9 Å². The van der Waals surface area contributed by atoms with Crippen LogP contribution in [0.4, 0.5) is 10.7 Å². The number of rotatable bonds is 4. The summed E-state index contributed by atoms with van der Waals surface area (Å²) in [4.78, 5) is 19.1. The molecule has 2 aromatic carbocycles. The Morgan fingerprint density at radius 1 is 1.21 bits per heavy atom. The number of halogens is 1. The van der Waals surface area contributed by atoms with Gasteiger partial charge in [-0.25, -0.2) is 9.78 Å². The van der Waals surface area contributed by atoms with Gasteiger partial charge in [0.05, 0.1) is 22.1 Å². The average molecular weight is 471 g/mol. The van der Waals surface area contributed by atoms with Gasteiger partial charge in [-0.15, -0.1) is 0 Å². The molecular weight excluding hydrogens is 440 g/mol. The standard InChI is InChI=1S/C25H31ClN4O3/c1-25(2,3)33-24(31)29-12-8-7-11-18(15-29)30-22-20(26)13-19(14-21(22)28-23(30)27)32-16-17-9-5-4-6-10-17/h4-6,9-10,13-14,18H,7-8,11-12,15-16H2,1-3H3,(H2,27,28)/t18-/m1/s1. The molecule has 1 aromatic heterocycles. The second-order valence-corrected chi connectivity index (χ2v) is 9.87. The number of likely N-dealkylation sites (tertiary alicyclic amines) is 1. The predicted octanol–water partition coefficient (Wildman–Crippen LogP) is 5.81. The fourth-order valence-corrected chi connectivity index (χ4v) is 4.49. The minimum atomic E-state index is -0.543. The zero-order valence-electron chi connectivity index (χ0n) is 19.4. The Morgan fingerprint density at radius 2 is 1.97 bits per heavy atom. The Kier molecular flexibility index (Phi) is 6.70. The van der Waals surface area contributed by atoms with E-state index in [1.807, 2.05) is 61.7 Å². The predicted molar refractivity (Wildman–Crippen MR) is 131 cm³/mol. The lowest BCUT2D eigenvalue weighted by molar-refractivity contribution is 0.0238. The summed E-state index contributed by atoms with van der Waals surface area (Å²) in [6.45, 7) is 7.21. The highest BCUT2D eigenvalue weighted by Crippen LogP contribution is 2.35. The topological polar surface area (TPSA) is 82.6 Å². The molecule has 3 aromatic rings. The highest BCUT2D eigenvalue weighted by atomic mass is 35.5. The first-order chi connectivity index (χ1) is 15.7. The van der Waals surface area contributed by atoms with Gasteiger partial charge in [0, 0.05) is 25.2 Å². The fraction of sp³-hybridized carbons (Fsp3) is 0.440. The number of hydrogen-bond donors (Lipinski definition) is 1. The van der Waals surface area contributed by atoms with Crippen molar-refractivity contribution in [1.82, 2.24) is 14.5 Å². The number of nitrogens with zero attached hydrogens (tertiary/aromatic N) is 3. The second-order valence-electron chi connectivity index (χ2n) is 9.46. The highest BCUT2D eigenvalue weighted by molar-refractivity contribution is 6.35. The van der Waals surface area contributed by atoms with Crippen LogP contribution in [0.2, 0.25) is 5.02 Å². The first-order valence-electron chi connectivity index (χ1n) is 11.3. The number of benzene rings is 2. The van der Waals surface area contributed by atoms with E-state index in [9.17, 15) is 4.79 Å². The van der Waals surface area contributed by atoms with Crippen LogP contribution in [0.5, 0.6) is 5.75 Å². The number of anilines is 1. The van der Waals surface area contributed by atoms with Gasteiger partial charge in [-0.2, -0.15) is 0 Å². The van der Waals surface area contributed by atoms with Crippen LogP contribution in [0.1, 0.15) is 51.6 Å². The molecule has 176 valence electrons. The first-order valence-corrected chi connectivity index (χ1v) is 11.7. The Bertz CT molecular complexity index is 1120. The lowest BCUT2D eigenvalue weighted by Crippen LogP contribution is -2.39. The van der Waals surface area contributed by atoms with Crippen LogP contribution in [0.15, 0.2) is 42.5 Å². The quantitative estimate of drug-likeness (QED) is 0.520. The van der Waals surface area contributed by atoms with Crippen molar-refractivity contribution in [1.29, 1.82) is 0 Å². The van der Waals surface area contributed by atoms with E-state index in [0.717, 1.165) is 30.3 Å². The highest BCUT2D eigenvalue weighted by Gasteiger charge is 2.29. The smallest absolute Gasteiger partial charge is 0.410 e. The van der Waals surface area contributed by atoms with Crippen LogP contribution in [0.25, 0.3) is 11.0 Å². The average Bonchev–Trinajstić information content (AvgIpc) is 2.92. The fourth-order valence-electron chi connectivity index (χ4n) is 4.19. The molecule has 0 unspecified atom stereocenters. The minimum Gasteiger partial charge on any atom is -0.489 e. The van der Waals surface area contributed by atoms with E-state index in [4.69, 9.17) is 26.8 Å². The maximum atomic E-state index is 12.7. The van der Waals surface area contributed by atoms with Gasteiger partial charge < -0.3 is 24.7 Å². The number of ether oxygens (including phenoxy) is 2. The van der Waals surface area contributed by atoms with Crippen LogP contribution >= 0.6 is 11.6 Å². The molecule has 1 aliphatic heterocycles. The van der Waals surface area contributed by atoms with Gasteiger partial charge in [0.2, 0.25) is 5.95 Å². The van der Waals surface area contributed by atoms with Crippen molar-refractivity contribution in [3.63, 3.8) is 0 Å². The van der Waals surface area contributed by atoms with E-state index < -0.39 is 5.60 Å². The summed E-state index contributed by atoms with van der Waals surface area (Å²) < 4.78 is 13.5. The van der Waals surface area contributed by atoms with E-state index in [-0.39, 0.29) is 12.1 Å². The molecule has 1 aliphatic rings. The van der Waals surface area contributed by atoms with Crippen molar-refractivity contribution in [3.05, 3.63) is 53.1 Å². The summed E-state index contributed by atoms with van der Waals surface area (Å²) in [6, 6.07) is 13.6. The number of carbonyl (C=O) groups is 1. The molecule has 33 heavy (non-hydrogen) atoms. The number of amides is 1. The van der Waals surface area contributed by atoms with Crippen molar-refractivity contribution in [2.45, 2.75) is 58.3 Å². The van der Waals surface area contributed by atoms with E-state index >= 15 is 0 Å². The molecule has 1 amide bonds. The number of aromatic nitrogens is 2. The summed E-state index contributed by atoms with van der Waals surface area (Å²) >= 11 is 6.71. The molecule has 4 rings (SSSR count). The zero-order valence-corrected chi connectivity index (χ0v) is 20.1. The van der Waals surface area contributed by atoms with Gasteiger partial charge in [0.25, 0.3) is 0 Å². The second kappa shape index (κ2) is 9.51. The van der Waals surface area contributed by atoms with Gasteiger partial charge in [0.15, 0.2) is 0 Å². The largest absolute Gasteiger partial charge is 0.489 e.